The summed E-state index contributed by atoms with van der Waals surface area (Å²) in [5.41, 5.74) is 6.91. The van der Waals surface area contributed by atoms with E-state index in [-0.39, 0.29) is 5.96 Å². The molecule has 0 aromatic heterocycles. The van der Waals surface area contributed by atoms with Gasteiger partial charge in [0.05, 0.1) is 0 Å². The zero-order valence-corrected chi connectivity index (χ0v) is 6.54. The number of benzene rings is 1. The molecule has 1 aromatic rings. The molecule has 0 atom stereocenters. The number of nitrogens with zero attached hydrogens (tertiary/aromatic N) is 1. The fraction of sp³-hybridized carbons (Fsp3) is 0. The molecule has 0 fully saturated rings. The van der Waals surface area contributed by atoms with Gasteiger partial charge in [-0.05, 0) is 24.9 Å². The van der Waals surface area contributed by atoms with Gasteiger partial charge < -0.3 is 11.1 Å². The largest absolute Gasteiger partial charge is 0.399 e. The predicted octanol–water partition coefficient (Wildman–Crippen LogP) is 1.32. The summed E-state index contributed by atoms with van der Waals surface area (Å²) >= 11 is 0. The standard InChI is InChI=1S/C8H10N4/c1-11-8(10)12-7-4-2-3-6(9)5-7/h2-5H,1,9H2,(H2,10,12). The Morgan fingerprint density at radius 2 is 2.33 bits per heavy atom. The summed E-state index contributed by atoms with van der Waals surface area (Å²) in [7, 11) is 0. The molecule has 1 aromatic carbocycles. The molecule has 0 aliphatic rings. The van der Waals surface area contributed by atoms with Gasteiger partial charge in [0.1, 0.15) is 0 Å². The Morgan fingerprint density at radius 1 is 1.58 bits per heavy atom. The average Bonchev–Trinajstić information content (AvgIpc) is 2.04. The number of aliphatic imine (C=N–C) groups is 1. The van der Waals surface area contributed by atoms with Crippen LogP contribution in [0.2, 0.25) is 0 Å². The lowest BCUT2D eigenvalue weighted by Crippen LogP contribution is -2.06. The monoisotopic (exact) mass is 162 g/mol. The van der Waals surface area contributed by atoms with Crippen molar-refractivity contribution in [2.75, 3.05) is 11.1 Å². The maximum atomic E-state index is 7.16. The van der Waals surface area contributed by atoms with E-state index in [1.165, 1.54) is 0 Å². The van der Waals surface area contributed by atoms with Crippen LogP contribution in [0.1, 0.15) is 0 Å². The topological polar surface area (TPSA) is 74.3 Å². The molecule has 0 saturated carbocycles. The van der Waals surface area contributed by atoms with Gasteiger partial charge in [-0.3, -0.25) is 5.41 Å². The van der Waals surface area contributed by atoms with Crippen LogP contribution < -0.4 is 11.1 Å². The van der Waals surface area contributed by atoms with Crippen molar-refractivity contribution < 1.29 is 0 Å². The molecule has 0 heterocycles. The summed E-state index contributed by atoms with van der Waals surface area (Å²) < 4.78 is 0. The van der Waals surface area contributed by atoms with Crippen LogP contribution in [0.3, 0.4) is 0 Å². The van der Waals surface area contributed by atoms with E-state index in [0.29, 0.717) is 5.69 Å². The summed E-state index contributed by atoms with van der Waals surface area (Å²) in [6.45, 7) is 3.21. The molecule has 4 N–H and O–H groups in total. The fourth-order valence-electron chi connectivity index (χ4n) is 0.793. The number of nitrogens with one attached hydrogen (secondary N) is 2. The molecule has 0 spiro atoms. The Balaban J connectivity index is 2.76. The molecule has 62 valence electrons. The van der Waals surface area contributed by atoms with E-state index in [1.54, 1.807) is 24.3 Å². The number of rotatable bonds is 1. The van der Waals surface area contributed by atoms with Crippen LogP contribution in [0.25, 0.3) is 0 Å². The van der Waals surface area contributed by atoms with Crippen molar-refractivity contribution in [3.05, 3.63) is 24.3 Å². The molecule has 0 bridgehead atoms. The summed E-state index contributed by atoms with van der Waals surface area (Å²) in [5.74, 6) is 0.0144. The third-order valence-corrected chi connectivity index (χ3v) is 1.31. The van der Waals surface area contributed by atoms with Gasteiger partial charge in [-0.2, -0.15) is 0 Å². The molecule has 4 heteroatoms. The van der Waals surface area contributed by atoms with Crippen LogP contribution in [0, 0.1) is 5.41 Å². The van der Waals surface area contributed by atoms with Crippen LogP contribution in [0.15, 0.2) is 29.3 Å². The minimum atomic E-state index is 0.0144. The maximum absolute atomic E-state index is 7.16. The van der Waals surface area contributed by atoms with Crippen LogP contribution >= 0.6 is 0 Å². The highest BCUT2D eigenvalue weighted by Crippen LogP contribution is 2.11. The molecular formula is C8H10N4. The normalized spacial score (nSPS) is 9.00. The van der Waals surface area contributed by atoms with Crippen molar-refractivity contribution in [2.45, 2.75) is 0 Å². The predicted molar refractivity (Wildman–Crippen MR) is 51.8 cm³/mol. The Morgan fingerprint density at radius 3 is 2.92 bits per heavy atom. The zero-order valence-electron chi connectivity index (χ0n) is 6.54. The molecular weight excluding hydrogens is 152 g/mol. The number of guanidine groups is 1. The second-order valence-corrected chi connectivity index (χ2v) is 2.26. The van der Waals surface area contributed by atoms with Gasteiger partial charge in [0, 0.05) is 11.4 Å². The molecule has 4 nitrogen and oxygen atoms in total. The van der Waals surface area contributed by atoms with Crippen molar-refractivity contribution in [1.82, 2.24) is 0 Å². The Kier molecular flexibility index (Phi) is 2.42. The number of hydrogen-bond acceptors (Lipinski definition) is 2. The van der Waals surface area contributed by atoms with Gasteiger partial charge in [-0.25, -0.2) is 4.99 Å². The minimum absolute atomic E-state index is 0.0144. The first-order chi connectivity index (χ1) is 5.72. The number of nitrogens with two attached hydrogens (primary N) is 1. The van der Waals surface area contributed by atoms with Crippen LogP contribution in [-0.4, -0.2) is 12.7 Å². The van der Waals surface area contributed by atoms with E-state index in [9.17, 15) is 0 Å². The quantitative estimate of drug-likeness (QED) is 0.331. The first-order valence-electron chi connectivity index (χ1n) is 3.40. The lowest BCUT2D eigenvalue weighted by molar-refractivity contribution is 1.41. The maximum Gasteiger partial charge on any atom is 0.219 e. The summed E-state index contributed by atoms with van der Waals surface area (Å²) in [6.07, 6.45) is 0. The highest BCUT2D eigenvalue weighted by atomic mass is 15.1. The second-order valence-electron chi connectivity index (χ2n) is 2.26. The molecule has 0 radical (unpaired) electrons. The van der Waals surface area contributed by atoms with E-state index in [1.807, 2.05) is 0 Å². The van der Waals surface area contributed by atoms with E-state index in [4.69, 9.17) is 11.1 Å². The Labute approximate surface area is 70.6 Å². The van der Waals surface area contributed by atoms with Crippen LogP contribution in [0.4, 0.5) is 11.4 Å². The summed E-state index contributed by atoms with van der Waals surface area (Å²) in [4.78, 5) is 3.39. The highest BCUT2D eigenvalue weighted by Gasteiger charge is 1.93. The van der Waals surface area contributed by atoms with E-state index < -0.39 is 0 Å². The molecule has 0 aliphatic heterocycles. The first kappa shape index (κ1) is 8.26. The minimum Gasteiger partial charge on any atom is -0.399 e. The van der Waals surface area contributed by atoms with Gasteiger partial charge in [-0.1, -0.05) is 6.07 Å². The highest BCUT2D eigenvalue weighted by molar-refractivity contribution is 5.94. The Bertz CT molecular complexity index is 306. The zero-order chi connectivity index (χ0) is 8.97. The number of hydrogen-bond donors (Lipinski definition) is 3. The van der Waals surface area contributed by atoms with Crippen molar-refractivity contribution in [3.63, 3.8) is 0 Å². The van der Waals surface area contributed by atoms with Crippen LogP contribution in [0.5, 0.6) is 0 Å². The molecule has 12 heavy (non-hydrogen) atoms. The van der Waals surface area contributed by atoms with E-state index >= 15 is 0 Å². The van der Waals surface area contributed by atoms with E-state index in [0.717, 1.165) is 5.69 Å². The first-order valence-corrected chi connectivity index (χ1v) is 3.40. The molecule has 0 unspecified atom stereocenters. The third kappa shape index (κ3) is 2.09. The van der Waals surface area contributed by atoms with Crippen molar-refractivity contribution in [2.24, 2.45) is 4.99 Å². The average molecular weight is 162 g/mol. The van der Waals surface area contributed by atoms with Gasteiger partial charge in [0.25, 0.3) is 0 Å². The lowest BCUT2D eigenvalue weighted by atomic mass is 10.3. The molecule has 0 amide bonds. The molecule has 0 saturated heterocycles. The fourth-order valence-corrected chi connectivity index (χ4v) is 0.793. The van der Waals surface area contributed by atoms with Crippen molar-refractivity contribution in [1.29, 1.82) is 5.41 Å². The third-order valence-electron chi connectivity index (χ3n) is 1.31. The summed E-state index contributed by atoms with van der Waals surface area (Å²) in [5, 5.41) is 9.87. The summed E-state index contributed by atoms with van der Waals surface area (Å²) in [6, 6.07) is 7.10. The Hall–Kier alpha value is -1.84. The smallest absolute Gasteiger partial charge is 0.219 e. The second kappa shape index (κ2) is 3.52. The van der Waals surface area contributed by atoms with Gasteiger partial charge in [0.15, 0.2) is 0 Å². The van der Waals surface area contributed by atoms with Crippen molar-refractivity contribution in [3.8, 4) is 0 Å². The van der Waals surface area contributed by atoms with Gasteiger partial charge in [0.2, 0.25) is 5.96 Å². The molecule has 0 aliphatic carbocycles. The van der Waals surface area contributed by atoms with Gasteiger partial charge in [-0.15, -0.1) is 0 Å². The van der Waals surface area contributed by atoms with E-state index in [2.05, 4.69) is 17.0 Å². The molecule has 1 rings (SSSR count). The number of anilines is 2. The van der Waals surface area contributed by atoms with Gasteiger partial charge >= 0.3 is 0 Å². The van der Waals surface area contributed by atoms with Crippen LogP contribution in [-0.2, 0) is 0 Å². The SMILES string of the molecule is C=NC(=N)Nc1cccc(N)c1. The van der Waals surface area contributed by atoms with Crippen molar-refractivity contribution >= 4 is 24.1 Å². The lowest BCUT2D eigenvalue weighted by Gasteiger charge is -2.02. The number of nitrogen functional groups attached to an aromatic ring is 1.